The monoisotopic (exact) mass is 397 g/mol. The Hall–Kier alpha value is -0.910. The van der Waals surface area contributed by atoms with Gasteiger partial charge in [-0.15, -0.1) is 0 Å². The molecular weight excluding hydrogens is 370 g/mol. The van der Waals surface area contributed by atoms with E-state index in [0.717, 1.165) is 48.8 Å². The lowest BCUT2D eigenvalue weighted by Gasteiger charge is -2.36. The molecular formula is C19H28BrNO3. The molecule has 0 radical (unpaired) electrons. The molecule has 0 aromatic heterocycles. The summed E-state index contributed by atoms with van der Waals surface area (Å²) in [6.07, 6.45) is 3.93. The third-order valence-corrected chi connectivity index (χ3v) is 4.62. The van der Waals surface area contributed by atoms with Crippen LogP contribution < -0.4 is 5.32 Å². The molecule has 1 aromatic rings. The van der Waals surface area contributed by atoms with Crippen molar-refractivity contribution >= 4 is 21.9 Å². The second kappa shape index (κ2) is 8.45. The van der Waals surface area contributed by atoms with Crippen LogP contribution in [0.5, 0.6) is 0 Å². The molecule has 0 bridgehead atoms. The van der Waals surface area contributed by atoms with Gasteiger partial charge in [-0.1, -0.05) is 28.1 Å². The summed E-state index contributed by atoms with van der Waals surface area (Å²) in [7, 11) is 0. The fourth-order valence-electron chi connectivity index (χ4n) is 3.06. The summed E-state index contributed by atoms with van der Waals surface area (Å²) < 4.78 is 12.6. The van der Waals surface area contributed by atoms with Crippen LogP contribution in [-0.4, -0.2) is 31.3 Å². The molecule has 1 atom stereocenters. The maximum absolute atomic E-state index is 12.1. The molecule has 1 fully saturated rings. The zero-order valence-electron chi connectivity index (χ0n) is 14.9. The number of ether oxygens (including phenoxy) is 2. The summed E-state index contributed by atoms with van der Waals surface area (Å²) >= 11 is 3.54. The summed E-state index contributed by atoms with van der Waals surface area (Å²) in [6, 6.07) is 8.20. The van der Waals surface area contributed by atoms with Crippen molar-refractivity contribution in [3.63, 3.8) is 0 Å². The Morgan fingerprint density at radius 2 is 2.04 bits per heavy atom. The van der Waals surface area contributed by atoms with Crippen molar-refractivity contribution in [2.24, 2.45) is 0 Å². The quantitative estimate of drug-likeness (QED) is 0.774. The fourth-order valence-corrected chi connectivity index (χ4v) is 3.46. The molecule has 1 saturated heterocycles. The van der Waals surface area contributed by atoms with Gasteiger partial charge in [-0.25, -0.2) is 4.79 Å². The molecule has 1 aliphatic rings. The van der Waals surface area contributed by atoms with E-state index in [0.29, 0.717) is 0 Å². The Bertz CT molecular complexity index is 546. The minimum Gasteiger partial charge on any atom is -0.458 e. The lowest BCUT2D eigenvalue weighted by atomic mass is 9.84. The average Bonchev–Trinajstić information content (AvgIpc) is 2.45. The number of hydrogen-bond donors (Lipinski definition) is 1. The van der Waals surface area contributed by atoms with Crippen LogP contribution in [-0.2, 0) is 19.9 Å². The van der Waals surface area contributed by atoms with E-state index < -0.39 is 11.2 Å². The molecule has 5 heteroatoms. The standard InChI is InChI=1S/C19H28BrNO3/c1-18(2,3)24-17(22)14-23-19(9-4-5-11-21-12-10-19)15-7-6-8-16(20)13-15/h6-8,13,21H,4-5,9-12,14H2,1-3H3. The van der Waals surface area contributed by atoms with E-state index >= 15 is 0 Å². The first-order valence-corrected chi connectivity index (χ1v) is 9.43. The molecule has 1 N–H and O–H groups in total. The van der Waals surface area contributed by atoms with E-state index in [1.807, 2.05) is 32.9 Å². The number of rotatable bonds is 4. The van der Waals surface area contributed by atoms with Gasteiger partial charge in [0.2, 0.25) is 0 Å². The number of esters is 1. The minimum absolute atomic E-state index is 0.0240. The van der Waals surface area contributed by atoms with Crippen LogP contribution >= 0.6 is 15.9 Å². The normalized spacial score (nSPS) is 22.5. The van der Waals surface area contributed by atoms with Crippen LogP contribution in [0.25, 0.3) is 0 Å². The van der Waals surface area contributed by atoms with Gasteiger partial charge < -0.3 is 14.8 Å². The number of carbonyl (C=O) groups excluding carboxylic acids is 1. The van der Waals surface area contributed by atoms with Gasteiger partial charge in [0, 0.05) is 4.47 Å². The van der Waals surface area contributed by atoms with Crippen molar-refractivity contribution in [2.45, 2.75) is 57.7 Å². The first-order valence-electron chi connectivity index (χ1n) is 8.63. The zero-order chi connectivity index (χ0) is 17.6. The van der Waals surface area contributed by atoms with Crippen molar-refractivity contribution in [1.29, 1.82) is 0 Å². The molecule has 0 amide bonds. The first kappa shape index (κ1) is 19.4. The van der Waals surface area contributed by atoms with E-state index in [4.69, 9.17) is 9.47 Å². The molecule has 24 heavy (non-hydrogen) atoms. The van der Waals surface area contributed by atoms with Crippen molar-refractivity contribution < 1.29 is 14.3 Å². The van der Waals surface area contributed by atoms with E-state index in [1.165, 1.54) is 0 Å². The highest BCUT2D eigenvalue weighted by atomic mass is 79.9. The first-order chi connectivity index (χ1) is 11.3. The lowest BCUT2D eigenvalue weighted by Crippen LogP contribution is -2.38. The van der Waals surface area contributed by atoms with Crippen LogP contribution in [0.15, 0.2) is 28.7 Å². The second-order valence-electron chi connectivity index (χ2n) is 7.34. The van der Waals surface area contributed by atoms with Crippen molar-refractivity contribution in [2.75, 3.05) is 19.7 Å². The van der Waals surface area contributed by atoms with E-state index in [9.17, 15) is 4.79 Å². The molecule has 0 spiro atoms. The van der Waals surface area contributed by atoms with Crippen LogP contribution in [0.3, 0.4) is 0 Å². The molecule has 1 heterocycles. The predicted molar refractivity (Wildman–Crippen MR) is 99.0 cm³/mol. The Labute approximate surface area is 153 Å². The molecule has 0 saturated carbocycles. The van der Waals surface area contributed by atoms with Gasteiger partial charge in [0.15, 0.2) is 0 Å². The Morgan fingerprint density at radius 3 is 2.75 bits per heavy atom. The van der Waals surface area contributed by atoms with Crippen molar-refractivity contribution in [3.8, 4) is 0 Å². The average molecular weight is 398 g/mol. The summed E-state index contributed by atoms with van der Waals surface area (Å²) in [4.78, 5) is 12.1. The number of benzene rings is 1. The number of nitrogens with one attached hydrogen (secondary N) is 1. The molecule has 1 aliphatic heterocycles. The smallest absolute Gasteiger partial charge is 0.332 e. The Kier molecular flexibility index (Phi) is 6.84. The highest BCUT2D eigenvalue weighted by Gasteiger charge is 2.34. The van der Waals surface area contributed by atoms with Gasteiger partial charge in [-0.05, 0) is 77.2 Å². The predicted octanol–water partition coefficient (Wildman–Crippen LogP) is 4.17. The second-order valence-corrected chi connectivity index (χ2v) is 8.25. The topological polar surface area (TPSA) is 47.6 Å². The van der Waals surface area contributed by atoms with E-state index in [-0.39, 0.29) is 12.6 Å². The van der Waals surface area contributed by atoms with Gasteiger partial charge in [-0.2, -0.15) is 0 Å². The molecule has 134 valence electrons. The molecule has 1 unspecified atom stereocenters. The van der Waals surface area contributed by atoms with Gasteiger partial charge in [0.25, 0.3) is 0 Å². The third kappa shape index (κ3) is 5.87. The third-order valence-electron chi connectivity index (χ3n) is 4.13. The minimum atomic E-state index is -0.494. The van der Waals surface area contributed by atoms with Crippen LogP contribution in [0.4, 0.5) is 0 Å². The van der Waals surface area contributed by atoms with Gasteiger partial charge in [0.1, 0.15) is 12.2 Å². The molecule has 2 rings (SSSR count). The number of carbonyl (C=O) groups is 1. The SMILES string of the molecule is CC(C)(C)OC(=O)COC1(c2cccc(Br)c2)CCCCNCC1. The Balaban J connectivity index is 2.17. The van der Waals surface area contributed by atoms with Crippen LogP contribution in [0.2, 0.25) is 0 Å². The zero-order valence-corrected chi connectivity index (χ0v) is 16.4. The summed E-state index contributed by atoms with van der Waals surface area (Å²) in [5.74, 6) is -0.313. The van der Waals surface area contributed by atoms with Crippen LogP contribution in [0, 0.1) is 0 Å². The molecule has 1 aromatic carbocycles. The fraction of sp³-hybridized carbons (Fsp3) is 0.632. The largest absolute Gasteiger partial charge is 0.458 e. The summed E-state index contributed by atoms with van der Waals surface area (Å²) in [5.41, 5.74) is 0.170. The highest BCUT2D eigenvalue weighted by molar-refractivity contribution is 9.10. The van der Waals surface area contributed by atoms with E-state index in [2.05, 4.69) is 33.4 Å². The summed E-state index contributed by atoms with van der Waals surface area (Å²) in [5, 5.41) is 3.44. The maximum atomic E-state index is 12.1. The van der Waals surface area contributed by atoms with Crippen molar-refractivity contribution in [1.82, 2.24) is 5.32 Å². The number of hydrogen-bond acceptors (Lipinski definition) is 4. The Morgan fingerprint density at radius 1 is 1.25 bits per heavy atom. The van der Waals surface area contributed by atoms with Crippen LogP contribution in [0.1, 0.15) is 52.0 Å². The lowest BCUT2D eigenvalue weighted by molar-refractivity contribution is -0.169. The molecule has 4 nitrogen and oxygen atoms in total. The number of halogens is 1. The molecule has 0 aliphatic carbocycles. The van der Waals surface area contributed by atoms with Gasteiger partial charge in [0.05, 0.1) is 5.60 Å². The van der Waals surface area contributed by atoms with Gasteiger partial charge >= 0.3 is 5.97 Å². The maximum Gasteiger partial charge on any atom is 0.332 e. The highest BCUT2D eigenvalue weighted by Crippen LogP contribution is 2.37. The van der Waals surface area contributed by atoms with Crippen molar-refractivity contribution in [3.05, 3.63) is 34.3 Å². The van der Waals surface area contributed by atoms with Gasteiger partial charge in [-0.3, -0.25) is 0 Å². The van der Waals surface area contributed by atoms with E-state index in [1.54, 1.807) is 0 Å². The summed E-state index contributed by atoms with van der Waals surface area (Å²) in [6.45, 7) is 7.50.